The maximum atomic E-state index is 11.7. The molecule has 7 nitrogen and oxygen atoms in total. The van der Waals surface area contributed by atoms with Crippen molar-refractivity contribution in [3.8, 4) is 5.75 Å². The first kappa shape index (κ1) is 17.1. The third kappa shape index (κ3) is 2.91. The highest BCUT2D eigenvalue weighted by Crippen LogP contribution is 2.38. The van der Waals surface area contributed by atoms with Crippen LogP contribution in [-0.4, -0.2) is 35.0 Å². The molecule has 2 unspecified atom stereocenters. The number of methoxy groups -OCH3 is 1. The quantitative estimate of drug-likeness (QED) is 0.521. The van der Waals surface area contributed by atoms with Crippen LogP contribution in [0.2, 0.25) is 0 Å². The predicted octanol–water partition coefficient (Wildman–Crippen LogP) is 3.28. The van der Waals surface area contributed by atoms with Gasteiger partial charge in [0.1, 0.15) is 5.69 Å². The summed E-state index contributed by atoms with van der Waals surface area (Å²) in [5.74, 6) is 0.508. The Labute approximate surface area is 155 Å². The number of pyridine rings is 1. The van der Waals surface area contributed by atoms with Crippen LogP contribution in [0.25, 0.3) is 5.65 Å². The largest absolute Gasteiger partial charge is 0.508 e. The minimum Gasteiger partial charge on any atom is -0.478 e. The molecule has 2 heterocycles. The number of nitrogens with zero attached hydrogens (tertiary/aromatic N) is 2. The lowest BCUT2D eigenvalue weighted by Crippen LogP contribution is -2.26. The third-order valence-electron chi connectivity index (χ3n) is 4.74. The van der Waals surface area contributed by atoms with E-state index >= 15 is 0 Å². The first-order valence-electron chi connectivity index (χ1n) is 8.54. The van der Waals surface area contributed by atoms with E-state index in [-0.39, 0.29) is 0 Å². The van der Waals surface area contributed by atoms with Gasteiger partial charge in [0.15, 0.2) is 29.9 Å². The second-order valence-electron chi connectivity index (χ2n) is 6.32. The molecule has 3 aromatic rings. The number of carbonyl (C=O) groups is 2. The summed E-state index contributed by atoms with van der Waals surface area (Å²) in [4.78, 5) is 27.5. The number of imidazole rings is 1. The minimum atomic E-state index is -0.750. The summed E-state index contributed by atoms with van der Waals surface area (Å²) in [7, 11) is 1.27. The van der Waals surface area contributed by atoms with Gasteiger partial charge >= 0.3 is 6.16 Å². The Balaban J connectivity index is 1.74. The van der Waals surface area contributed by atoms with Crippen LogP contribution in [-0.2, 0) is 15.9 Å². The smallest absolute Gasteiger partial charge is 0.478 e. The Morgan fingerprint density at radius 1 is 1.26 bits per heavy atom. The minimum absolute atomic E-state index is 0.477. The Morgan fingerprint density at radius 2 is 2.07 bits per heavy atom. The summed E-state index contributed by atoms with van der Waals surface area (Å²) in [6.07, 6.45) is 1.30. The van der Waals surface area contributed by atoms with Gasteiger partial charge in [0, 0.05) is 12.6 Å². The van der Waals surface area contributed by atoms with Crippen molar-refractivity contribution in [3.63, 3.8) is 0 Å². The number of aromatic nitrogens is 2. The molecule has 0 fully saturated rings. The average molecular weight is 366 g/mol. The molecule has 27 heavy (non-hydrogen) atoms. The third-order valence-corrected chi connectivity index (χ3v) is 4.74. The molecule has 2 aromatic heterocycles. The summed E-state index contributed by atoms with van der Waals surface area (Å²) in [6.45, 7) is 1.77. The van der Waals surface area contributed by atoms with Crippen LogP contribution in [0, 0.1) is 6.92 Å². The molecule has 0 radical (unpaired) electrons. The van der Waals surface area contributed by atoms with Crippen molar-refractivity contribution in [3.05, 3.63) is 65.1 Å². The van der Waals surface area contributed by atoms with Gasteiger partial charge in [-0.25, -0.2) is 9.78 Å². The number of aldehydes is 1. The lowest BCUT2D eigenvalue weighted by atomic mass is 10.1. The molecule has 138 valence electrons. The van der Waals surface area contributed by atoms with Crippen molar-refractivity contribution in [2.75, 3.05) is 7.11 Å². The SMILES string of the molecule is COC(=O)OC1Cc2ccccc2C1Oc1cccn2c(C=O)c(C)nc12. The molecule has 1 aromatic carbocycles. The Kier molecular flexibility index (Phi) is 4.27. The van der Waals surface area contributed by atoms with Crippen molar-refractivity contribution in [2.24, 2.45) is 0 Å². The van der Waals surface area contributed by atoms with Gasteiger partial charge in [-0.3, -0.25) is 9.20 Å². The van der Waals surface area contributed by atoms with E-state index in [1.807, 2.05) is 24.3 Å². The topological polar surface area (TPSA) is 79.1 Å². The van der Waals surface area contributed by atoms with E-state index in [0.717, 1.165) is 17.4 Å². The number of benzene rings is 1. The fourth-order valence-electron chi connectivity index (χ4n) is 3.48. The number of ether oxygens (including phenoxy) is 3. The number of carbonyl (C=O) groups excluding carboxylic acids is 2. The zero-order valence-corrected chi connectivity index (χ0v) is 14.9. The zero-order chi connectivity index (χ0) is 19.0. The molecule has 4 rings (SSSR count). The zero-order valence-electron chi connectivity index (χ0n) is 14.9. The lowest BCUT2D eigenvalue weighted by molar-refractivity contribution is -0.00789. The first-order valence-corrected chi connectivity index (χ1v) is 8.54. The van der Waals surface area contributed by atoms with Crippen LogP contribution in [0.4, 0.5) is 4.79 Å². The second kappa shape index (κ2) is 6.75. The van der Waals surface area contributed by atoms with Crippen molar-refractivity contribution in [2.45, 2.75) is 25.6 Å². The number of rotatable bonds is 4. The van der Waals surface area contributed by atoms with Gasteiger partial charge in [0.25, 0.3) is 0 Å². The molecule has 0 aliphatic heterocycles. The van der Waals surface area contributed by atoms with Gasteiger partial charge < -0.3 is 14.2 Å². The van der Waals surface area contributed by atoms with Gasteiger partial charge in [0.2, 0.25) is 0 Å². The predicted molar refractivity (Wildman–Crippen MR) is 96.1 cm³/mol. The van der Waals surface area contributed by atoms with Gasteiger partial charge in [-0.2, -0.15) is 0 Å². The highest BCUT2D eigenvalue weighted by atomic mass is 16.7. The van der Waals surface area contributed by atoms with Crippen molar-refractivity contribution >= 4 is 18.1 Å². The van der Waals surface area contributed by atoms with E-state index in [0.29, 0.717) is 29.2 Å². The van der Waals surface area contributed by atoms with Crippen molar-refractivity contribution < 1.29 is 23.8 Å². The molecule has 0 N–H and O–H groups in total. The number of aryl methyl sites for hydroxylation is 1. The fraction of sp³-hybridized carbons (Fsp3) is 0.250. The van der Waals surface area contributed by atoms with Crippen LogP contribution < -0.4 is 4.74 Å². The molecule has 0 bridgehead atoms. The molecule has 0 saturated heterocycles. The van der Waals surface area contributed by atoms with Crippen LogP contribution in [0.1, 0.15) is 33.4 Å². The second-order valence-corrected chi connectivity index (χ2v) is 6.32. The first-order chi connectivity index (χ1) is 13.1. The van der Waals surface area contributed by atoms with Gasteiger partial charge in [-0.1, -0.05) is 24.3 Å². The summed E-state index contributed by atoms with van der Waals surface area (Å²) in [5, 5.41) is 0. The summed E-state index contributed by atoms with van der Waals surface area (Å²) < 4.78 is 18.0. The molecule has 1 aliphatic carbocycles. The number of hydrogen-bond acceptors (Lipinski definition) is 6. The van der Waals surface area contributed by atoms with Crippen molar-refractivity contribution in [1.82, 2.24) is 9.38 Å². The molecular formula is C20H18N2O5. The Bertz CT molecular complexity index is 1030. The molecular weight excluding hydrogens is 348 g/mol. The number of hydrogen-bond donors (Lipinski definition) is 0. The maximum Gasteiger partial charge on any atom is 0.508 e. The Morgan fingerprint density at radius 3 is 2.85 bits per heavy atom. The molecule has 7 heteroatoms. The van der Waals surface area contributed by atoms with Crippen molar-refractivity contribution in [1.29, 1.82) is 0 Å². The van der Waals surface area contributed by atoms with Crippen LogP contribution in [0.15, 0.2) is 42.6 Å². The summed E-state index contributed by atoms with van der Waals surface area (Å²) in [5.41, 5.74) is 3.64. The van der Waals surface area contributed by atoms with Crippen LogP contribution in [0.3, 0.4) is 0 Å². The lowest BCUT2D eigenvalue weighted by Gasteiger charge is -2.22. The standard InChI is InChI=1S/C20H18N2O5/c1-12-15(11-23)22-9-5-8-16(19(22)21-12)26-18-14-7-4-3-6-13(14)10-17(18)27-20(24)25-2/h3-9,11,17-18H,10H2,1-2H3. The monoisotopic (exact) mass is 366 g/mol. The van der Waals surface area contributed by atoms with E-state index in [9.17, 15) is 9.59 Å². The van der Waals surface area contributed by atoms with Crippen LogP contribution >= 0.6 is 0 Å². The highest BCUT2D eigenvalue weighted by Gasteiger charge is 2.37. The van der Waals surface area contributed by atoms with E-state index in [4.69, 9.17) is 9.47 Å². The number of fused-ring (bicyclic) bond motifs is 2. The van der Waals surface area contributed by atoms with E-state index in [1.54, 1.807) is 29.7 Å². The fourth-order valence-corrected chi connectivity index (χ4v) is 3.48. The summed E-state index contributed by atoms with van der Waals surface area (Å²) >= 11 is 0. The maximum absolute atomic E-state index is 11.7. The van der Waals surface area contributed by atoms with E-state index < -0.39 is 18.4 Å². The normalized spacial score (nSPS) is 18.1. The van der Waals surface area contributed by atoms with Crippen LogP contribution in [0.5, 0.6) is 5.75 Å². The highest BCUT2D eigenvalue weighted by molar-refractivity contribution is 5.77. The molecule has 0 spiro atoms. The van der Waals surface area contributed by atoms with E-state index in [2.05, 4.69) is 9.72 Å². The Hall–Kier alpha value is -3.35. The molecule has 1 aliphatic rings. The van der Waals surface area contributed by atoms with Gasteiger partial charge in [-0.05, 0) is 30.2 Å². The molecule has 0 amide bonds. The summed E-state index contributed by atoms with van der Waals surface area (Å²) in [6, 6.07) is 11.4. The average Bonchev–Trinajstić information content (AvgIpc) is 3.19. The van der Waals surface area contributed by atoms with Gasteiger partial charge in [0.05, 0.1) is 12.8 Å². The van der Waals surface area contributed by atoms with E-state index in [1.165, 1.54) is 7.11 Å². The van der Waals surface area contributed by atoms with Gasteiger partial charge in [-0.15, -0.1) is 0 Å². The molecule has 0 saturated carbocycles. The molecule has 2 atom stereocenters.